The van der Waals surface area contributed by atoms with Gasteiger partial charge in [-0.05, 0) is 56.0 Å². The molecule has 1 saturated heterocycles. The van der Waals surface area contributed by atoms with Crippen LogP contribution >= 0.6 is 11.6 Å². The Morgan fingerprint density at radius 2 is 1.79 bits per heavy atom. The van der Waals surface area contributed by atoms with Crippen LogP contribution in [0.5, 0.6) is 5.88 Å². The molecule has 2 fully saturated rings. The van der Waals surface area contributed by atoms with Crippen LogP contribution in [0, 0.1) is 5.92 Å². The largest absolute Gasteiger partial charge is 0.474 e. The topological polar surface area (TPSA) is 71.5 Å². The zero-order chi connectivity index (χ0) is 23.6. The number of aromatic nitrogens is 1. The fourth-order valence-electron chi connectivity index (χ4n) is 4.19. The van der Waals surface area contributed by atoms with E-state index >= 15 is 0 Å². The highest BCUT2D eigenvalue weighted by Crippen LogP contribution is 2.31. The molecular formula is C23H23ClF3N3O3. The zero-order valence-corrected chi connectivity index (χ0v) is 18.4. The molecule has 1 aromatic carbocycles. The number of amides is 2. The summed E-state index contributed by atoms with van der Waals surface area (Å²) in [6.45, 7) is 0.324. The van der Waals surface area contributed by atoms with Crippen LogP contribution in [-0.4, -0.2) is 35.5 Å². The van der Waals surface area contributed by atoms with Crippen LogP contribution in [-0.2, 0) is 15.8 Å². The molecule has 1 unspecified atom stereocenters. The Kier molecular flexibility index (Phi) is 6.78. The van der Waals surface area contributed by atoms with Crippen LogP contribution < -0.4 is 15.0 Å². The molecule has 1 aliphatic heterocycles. The molecule has 1 saturated carbocycles. The van der Waals surface area contributed by atoms with Crippen LogP contribution in [0.3, 0.4) is 0 Å². The van der Waals surface area contributed by atoms with E-state index < -0.39 is 17.7 Å². The van der Waals surface area contributed by atoms with Crippen molar-refractivity contribution in [3.05, 3.63) is 53.2 Å². The Morgan fingerprint density at radius 3 is 2.39 bits per heavy atom. The van der Waals surface area contributed by atoms with E-state index in [1.165, 1.54) is 6.07 Å². The van der Waals surface area contributed by atoms with Crippen molar-refractivity contribution in [3.63, 3.8) is 0 Å². The first-order valence-electron chi connectivity index (χ1n) is 10.8. The van der Waals surface area contributed by atoms with Gasteiger partial charge in [0.2, 0.25) is 17.7 Å². The van der Waals surface area contributed by atoms with Crippen molar-refractivity contribution >= 4 is 29.1 Å². The number of alkyl halides is 3. The van der Waals surface area contributed by atoms with Crippen LogP contribution in [0.1, 0.15) is 37.7 Å². The minimum atomic E-state index is -4.43. The number of benzene rings is 1. The summed E-state index contributed by atoms with van der Waals surface area (Å²) in [6, 6.07) is 9.07. The second kappa shape index (κ2) is 9.59. The molecule has 0 spiro atoms. The van der Waals surface area contributed by atoms with Gasteiger partial charge in [0.1, 0.15) is 6.10 Å². The molecule has 1 aliphatic carbocycles. The molecule has 2 aliphatic rings. The highest BCUT2D eigenvalue weighted by atomic mass is 35.5. The number of pyridine rings is 1. The molecule has 2 heterocycles. The molecule has 0 radical (unpaired) electrons. The summed E-state index contributed by atoms with van der Waals surface area (Å²) in [6.07, 6.45) is -1.03. The highest BCUT2D eigenvalue weighted by Gasteiger charge is 2.36. The number of hydrogen-bond donors (Lipinski definition) is 1. The van der Waals surface area contributed by atoms with Crippen molar-refractivity contribution in [3.8, 4) is 5.88 Å². The maximum atomic E-state index is 12.7. The number of halogens is 4. The quantitative estimate of drug-likeness (QED) is 0.677. The van der Waals surface area contributed by atoms with Crippen molar-refractivity contribution in [1.29, 1.82) is 0 Å². The van der Waals surface area contributed by atoms with E-state index in [0.29, 0.717) is 42.9 Å². The molecule has 1 aromatic heterocycles. The van der Waals surface area contributed by atoms with Gasteiger partial charge in [-0.3, -0.25) is 9.59 Å². The summed E-state index contributed by atoms with van der Waals surface area (Å²) in [7, 11) is 0. The molecule has 0 bridgehead atoms. The molecule has 10 heteroatoms. The summed E-state index contributed by atoms with van der Waals surface area (Å²) in [5.41, 5.74) is -0.101. The van der Waals surface area contributed by atoms with Crippen molar-refractivity contribution < 1.29 is 27.5 Å². The Morgan fingerprint density at radius 1 is 1.09 bits per heavy atom. The molecule has 6 nitrogen and oxygen atoms in total. The van der Waals surface area contributed by atoms with Gasteiger partial charge in [0.15, 0.2) is 0 Å². The highest BCUT2D eigenvalue weighted by molar-refractivity contribution is 6.30. The van der Waals surface area contributed by atoms with E-state index in [1.807, 2.05) is 0 Å². The first-order chi connectivity index (χ1) is 15.7. The Bertz CT molecular complexity index is 991. The number of carbonyl (C=O) groups is 2. The number of ether oxygens (including phenoxy) is 1. The molecule has 4 rings (SSSR count). The SMILES string of the molecule is O=C(NC1CCC(Oc2ccc(C(F)(F)F)cn2)CC1)C1CC(=O)N(c2ccc(Cl)cc2)C1. The van der Waals surface area contributed by atoms with Crippen LogP contribution in [0.25, 0.3) is 0 Å². The fourth-order valence-corrected chi connectivity index (χ4v) is 4.31. The lowest BCUT2D eigenvalue weighted by molar-refractivity contribution is -0.137. The maximum absolute atomic E-state index is 12.7. The smallest absolute Gasteiger partial charge is 0.417 e. The average Bonchev–Trinajstić information content (AvgIpc) is 3.17. The lowest BCUT2D eigenvalue weighted by atomic mass is 9.92. The van der Waals surface area contributed by atoms with Crippen molar-refractivity contribution in [2.24, 2.45) is 5.92 Å². The second-order valence-electron chi connectivity index (χ2n) is 8.36. The van der Waals surface area contributed by atoms with Gasteiger partial charge in [0.25, 0.3) is 0 Å². The van der Waals surface area contributed by atoms with E-state index in [2.05, 4.69) is 10.3 Å². The third-order valence-electron chi connectivity index (χ3n) is 6.01. The standard InChI is InChI=1S/C23H23ClF3N3O3/c24-16-2-6-18(7-3-16)30-13-14(11-21(30)31)22(32)29-17-4-8-19(9-5-17)33-20-10-1-15(12-28-20)23(25,26)27/h1-3,6-7,10,12,14,17,19H,4-5,8-9,11,13H2,(H,29,32). The fraction of sp³-hybridized carbons (Fsp3) is 0.435. The second-order valence-corrected chi connectivity index (χ2v) is 8.80. The lowest BCUT2D eigenvalue weighted by Crippen LogP contribution is -2.43. The summed E-state index contributed by atoms with van der Waals surface area (Å²) in [5, 5.41) is 3.61. The van der Waals surface area contributed by atoms with Gasteiger partial charge in [-0.15, -0.1) is 0 Å². The van der Waals surface area contributed by atoms with E-state index in [0.717, 1.165) is 12.3 Å². The van der Waals surface area contributed by atoms with Crippen LogP contribution in [0.2, 0.25) is 5.02 Å². The summed E-state index contributed by atoms with van der Waals surface area (Å²) >= 11 is 5.90. The number of hydrogen-bond acceptors (Lipinski definition) is 4. The molecule has 2 amide bonds. The number of nitrogens with one attached hydrogen (secondary N) is 1. The van der Waals surface area contributed by atoms with Crippen molar-refractivity contribution in [2.45, 2.75) is 50.4 Å². The lowest BCUT2D eigenvalue weighted by Gasteiger charge is -2.30. The summed E-state index contributed by atoms with van der Waals surface area (Å²) in [4.78, 5) is 30.5. The third-order valence-corrected chi connectivity index (χ3v) is 6.26. The van der Waals surface area contributed by atoms with E-state index in [-0.39, 0.29) is 36.3 Å². The minimum Gasteiger partial charge on any atom is -0.474 e. The number of carbonyl (C=O) groups excluding carboxylic acids is 2. The third kappa shape index (κ3) is 5.76. The summed E-state index contributed by atoms with van der Waals surface area (Å²) in [5.74, 6) is -0.507. The van der Waals surface area contributed by atoms with Crippen LogP contribution in [0.4, 0.5) is 18.9 Å². The number of nitrogens with zero attached hydrogens (tertiary/aromatic N) is 2. The Labute approximate surface area is 194 Å². The van der Waals surface area contributed by atoms with Crippen molar-refractivity contribution in [2.75, 3.05) is 11.4 Å². The predicted octanol–water partition coefficient (Wildman–Crippen LogP) is 4.61. The van der Waals surface area contributed by atoms with Gasteiger partial charge in [-0.2, -0.15) is 13.2 Å². The van der Waals surface area contributed by atoms with Gasteiger partial charge in [0, 0.05) is 42.0 Å². The molecule has 1 atom stereocenters. The molecular weight excluding hydrogens is 459 g/mol. The van der Waals surface area contributed by atoms with Gasteiger partial charge < -0.3 is 15.0 Å². The van der Waals surface area contributed by atoms with E-state index in [1.54, 1.807) is 29.2 Å². The number of anilines is 1. The van der Waals surface area contributed by atoms with Gasteiger partial charge in [-0.25, -0.2) is 4.98 Å². The normalized spacial score (nSPS) is 23.5. The first kappa shape index (κ1) is 23.4. The van der Waals surface area contributed by atoms with Gasteiger partial charge >= 0.3 is 6.18 Å². The predicted molar refractivity (Wildman–Crippen MR) is 116 cm³/mol. The monoisotopic (exact) mass is 481 g/mol. The molecule has 2 aromatic rings. The Hall–Kier alpha value is -2.81. The van der Waals surface area contributed by atoms with Gasteiger partial charge in [0.05, 0.1) is 11.5 Å². The van der Waals surface area contributed by atoms with Crippen LogP contribution in [0.15, 0.2) is 42.6 Å². The molecule has 176 valence electrons. The van der Waals surface area contributed by atoms with Gasteiger partial charge in [-0.1, -0.05) is 11.6 Å². The van der Waals surface area contributed by atoms with Crippen molar-refractivity contribution in [1.82, 2.24) is 10.3 Å². The zero-order valence-electron chi connectivity index (χ0n) is 17.6. The Balaban J connectivity index is 1.24. The average molecular weight is 482 g/mol. The first-order valence-corrected chi connectivity index (χ1v) is 11.1. The molecule has 1 N–H and O–H groups in total. The molecule has 33 heavy (non-hydrogen) atoms. The van der Waals surface area contributed by atoms with E-state index in [9.17, 15) is 22.8 Å². The number of rotatable bonds is 5. The van der Waals surface area contributed by atoms with E-state index in [4.69, 9.17) is 16.3 Å². The summed E-state index contributed by atoms with van der Waals surface area (Å²) < 4.78 is 43.6. The minimum absolute atomic E-state index is 0.0300. The maximum Gasteiger partial charge on any atom is 0.417 e.